The molecular formula is C15H11F2NO2. The Morgan fingerprint density at radius 3 is 2.35 bits per heavy atom. The van der Waals surface area contributed by atoms with Crippen LogP contribution in [0.15, 0.2) is 36.4 Å². The maximum absolute atomic E-state index is 13.6. The van der Waals surface area contributed by atoms with Crippen molar-refractivity contribution in [3.8, 4) is 17.6 Å². The van der Waals surface area contributed by atoms with Gasteiger partial charge in [-0.1, -0.05) is 6.07 Å². The van der Waals surface area contributed by atoms with Crippen LogP contribution in [0.2, 0.25) is 0 Å². The van der Waals surface area contributed by atoms with Gasteiger partial charge >= 0.3 is 0 Å². The van der Waals surface area contributed by atoms with Gasteiger partial charge in [0.25, 0.3) is 0 Å². The third kappa shape index (κ3) is 3.04. The highest BCUT2D eigenvalue weighted by Crippen LogP contribution is 2.21. The number of hydrogen-bond donors (Lipinski definition) is 0. The molecule has 0 unspecified atom stereocenters. The lowest BCUT2D eigenvalue weighted by atomic mass is 10.2. The predicted molar refractivity (Wildman–Crippen MR) is 68.4 cm³/mol. The lowest BCUT2D eigenvalue weighted by molar-refractivity contribution is 0.289. The van der Waals surface area contributed by atoms with E-state index in [0.717, 1.165) is 6.07 Å². The van der Waals surface area contributed by atoms with Crippen molar-refractivity contribution in [3.05, 3.63) is 59.2 Å². The first-order valence-corrected chi connectivity index (χ1v) is 5.79. The number of ether oxygens (including phenoxy) is 2. The summed E-state index contributed by atoms with van der Waals surface area (Å²) in [6, 6.07) is 10.1. The van der Waals surface area contributed by atoms with Gasteiger partial charge in [-0.2, -0.15) is 5.26 Å². The van der Waals surface area contributed by atoms with Crippen LogP contribution in [0.1, 0.15) is 11.1 Å². The molecule has 2 aromatic rings. The second-order valence-corrected chi connectivity index (χ2v) is 4.01. The van der Waals surface area contributed by atoms with Crippen molar-refractivity contribution in [1.82, 2.24) is 0 Å². The Bertz CT molecular complexity index is 665. The molecular weight excluding hydrogens is 264 g/mol. The van der Waals surface area contributed by atoms with Crippen molar-refractivity contribution in [1.29, 1.82) is 5.26 Å². The van der Waals surface area contributed by atoms with Gasteiger partial charge in [0.15, 0.2) is 23.1 Å². The Hall–Kier alpha value is -2.61. The molecule has 0 saturated heterocycles. The molecule has 0 aliphatic heterocycles. The number of benzene rings is 2. The summed E-state index contributed by atoms with van der Waals surface area (Å²) in [4.78, 5) is 0. The molecule has 0 spiro atoms. The average molecular weight is 275 g/mol. The van der Waals surface area contributed by atoms with Crippen molar-refractivity contribution in [2.24, 2.45) is 0 Å². The Kier molecular flexibility index (Phi) is 4.16. The van der Waals surface area contributed by atoms with Gasteiger partial charge < -0.3 is 9.47 Å². The number of methoxy groups -OCH3 is 1. The highest BCUT2D eigenvalue weighted by Gasteiger charge is 2.07. The maximum atomic E-state index is 13.6. The first-order chi connectivity index (χ1) is 9.63. The summed E-state index contributed by atoms with van der Waals surface area (Å²) in [6.45, 7) is 0.0176. The number of nitriles is 1. The molecule has 0 N–H and O–H groups in total. The van der Waals surface area contributed by atoms with Crippen LogP contribution >= 0.6 is 0 Å². The van der Waals surface area contributed by atoms with Crippen LogP contribution in [0.3, 0.4) is 0 Å². The number of rotatable bonds is 4. The summed E-state index contributed by atoms with van der Waals surface area (Å²) >= 11 is 0. The van der Waals surface area contributed by atoms with Crippen molar-refractivity contribution in [3.63, 3.8) is 0 Å². The van der Waals surface area contributed by atoms with Crippen LogP contribution in [-0.4, -0.2) is 7.11 Å². The summed E-state index contributed by atoms with van der Waals surface area (Å²) in [5, 5.41) is 8.63. The van der Waals surface area contributed by atoms with Crippen LogP contribution in [0.4, 0.5) is 8.78 Å². The van der Waals surface area contributed by atoms with Crippen LogP contribution in [0.5, 0.6) is 11.5 Å². The Balaban J connectivity index is 2.09. The normalized spacial score (nSPS) is 9.90. The maximum Gasteiger partial charge on any atom is 0.166 e. The molecule has 0 aliphatic rings. The van der Waals surface area contributed by atoms with Crippen molar-refractivity contribution < 1.29 is 18.3 Å². The van der Waals surface area contributed by atoms with Gasteiger partial charge in [-0.3, -0.25) is 0 Å². The van der Waals surface area contributed by atoms with E-state index in [1.807, 2.05) is 6.07 Å². The Morgan fingerprint density at radius 2 is 1.75 bits per heavy atom. The fraction of sp³-hybridized carbons (Fsp3) is 0.133. The Morgan fingerprint density at radius 1 is 1.05 bits per heavy atom. The zero-order chi connectivity index (χ0) is 14.5. The van der Waals surface area contributed by atoms with E-state index in [9.17, 15) is 8.78 Å². The molecule has 0 saturated carbocycles. The van der Waals surface area contributed by atoms with Gasteiger partial charge in [0.1, 0.15) is 6.61 Å². The SMILES string of the molecule is COc1ccc(COc2ccc(C#N)cc2F)cc1F. The van der Waals surface area contributed by atoms with E-state index < -0.39 is 11.6 Å². The van der Waals surface area contributed by atoms with E-state index in [2.05, 4.69) is 0 Å². The van der Waals surface area contributed by atoms with E-state index in [0.29, 0.717) is 5.56 Å². The number of halogens is 2. The van der Waals surface area contributed by atoms with Gasteiger partial charge in [0.05, 0.1) is 18.7 Å². The molecule has 3 nitrogen and oxygen atoms in total. The standard InChI is InChI=1S/C15H11F2NO2/c1-19-14-4-3-11(7-12(14)16)9-20-15-5-2-10(8-18)6-13(15)17/h2-7H,9H2,1H3. The van der Waals surface area contributed by atoms with Crippen LogP contribution in [0, 0.1) is 23.0 Å². The highest BCUT2D eigenvalue weighted by molar-refractivity contribution is 5.36. The van der Waals surface area contributed by atoms with Crippen LogP contribution in [0.25, 0.3) is 0 Å². The molecule has 0 atom stereocenters. The monoisotopic (exact) mass is 275 g/mol. The van der Waals surface area contributed by atoms with E-state index in [-0.39, 0.29) is 23.7 Å². The van der Waals surface area contributed by atoms with Gasteiger partial charge in [-0.05, 0) is 35.9 Å². The summed E-state index contributed by atoms with van der Waals surface area (Å²) in [5.74, 6) is -0.981. The summed E-state index contributed by atoms with van der Waals surface area (Å²) in [5.41, 5.74) is 0.761. The zero-order valence-electron chi connectivity index (χ0n) is 10.7. The van der Waals surface area contributed by atoms with Gasteiger partial charge in [0.2, 0.25) is 0 Å². The molecule has 5 heteroatoms. The second kappa shape index (κ2) is 6.02. The van der Waals surface area contributed by atoms with Gasteiger partial charge in [-0.25, -0.2) is 8.78 Å². The molecule has 20 heavy (non-hydrogen) atoms. The van der Waals surface area contributed by atoms with Crippen molar-refractivity contribution >= 4 is 0 Å². The third-order valence-corrected chi connectivity index (χ3v) is 2.67. The summed E-state index contributed by atoms with van der Waals surface area (Å²) in [7, 11) is 1.38. The Labute approximate surface area is 115 Å². The second-order valence-electron chi connectivity index (χ2n) is 4.01. The zero-order valence-corrected chi connectivity index (χ0v) is 10.7. The molecule has 2 aromatic carbocycles. The predicted octanol–water partition coefficient (Wildman–Crippen LogP) is 3.42. The smallest absolute Gasteiger partial charge is 0.166 e. The lowest BCUT2D eigenvalue weighted by Crippen LogP contribution is -1.99. The molecule has 0 aromatic heterocycles. The van der Waals surface area contributed by atoms with E-state index in [1.54, 1.807) is 6.07 Å². The summed E-state index contributed by atoms with van der Waals surface area (Å²) < 4.78 is 37.1. The van der Waals surface area contributed by atoms with E-state index >= 15 is 0 Å². The average Bonchev–Trinajstić information content (AvgIpc) is 2.46. The van der Waals surface area contributed by atoms with Gasteiger partial charge in [-0.15, -0.1) is 0 Å². The van der Waals surface area contributed by atoms with Crippen LogP contribution in [-0.2, 0) is 6.61 Å². The van der Waals surface area contributed by atoms with Crippen molar-refractivity contribution in [2.75, 3.05) is 7.11 Å². The first kappa shape index (κ1) is 13.8. The molecule has 102 valence electrons. The quantitative estimate of drug-likeness (QED) is 0.858. The minimum atomic E-state index is -0.627. The molecule has 0 heterocycles. The van der Waals surface area contributed by atoms with E-state index in [4.69, 9.17) is 14.7 Å². The molecule has 0 bridgehead atoms. The molecule has 0 fully saturated rings. The largest absolute Gasteiger partial charge is 0.494 e. The lowest BCUT2D eigenvalue weighted by Gasteiger charge is -2.08. The topological polar surface area (TPSA) is 42.2 Å². The summed E-state index contributed by atoms with van der Waals surface area (Å²) in [6.07, 6.45) is 0. The first-order valence-electron chi connectivity index (χ1n) is 5.79. The number of hydrogen-bond acceptors (Lipinski definition) is 3. The molecule has 0 aliphatic carbocycles. The van der Waals surface area contributed by atoms with Crippen molar-refractivity contribution in [2.45, 2.75) is 6.61 Å². The fourth-order valence-electron chi connectivity index (χ4n) is 1.65. The minimum Gasteiger partial charge on any atom is -0.494 e. The molecule has 2 rings (SSSR count). The van der Waals surface area contributed by atoms with E-state index in [1.165, 1.54) is 31.4 Å². The minimum absolute atomic E-state index is 0.0141. The third-order valence-electron chi connectivity index (χ3n) is 2.67. The van der Waals surface area contributed by atoms with Crippen LogP contribution < -0.4 is 9.47 Å². The van der Waals surface area contributed by atoms with Gasteiger partial charge in [0, 0.05) is 0 Å². The molecule has 0 radical (unpaired) electrons. The molecule has 0 amide bonds. The highest BCUT2D eigenvalue weighted by atomic mass is 19.1. The number of nitrogens with zero attached hydrogens (tertiary/aromatic N) is 1. The fourth-order valence-corrected chi connectivity index (χ4v) is 1.65.